The van der Waals surface area contributed by atoms with Crippen molar-refractivity contribution in [1.29, 1.82) is 0 Å². The van der Waals surface area contributed by atoms with Crippen LogP contribution in [0.25, 0.3) is 85.1 Å². The molecule has 0 atom stereocenters. The van der Waals surface area contributed by atoms with E-state index in [0.717, 1.165) is 33.1 Å². The van der Waals surface area contributed by atoms with E-state index in [0.29, 0.717) is 0 Å². The number of benzene rings is 9. The van der Waals surface area contributed by atoms with Gasteiger partial charge in [-0.3, -0.25) is 0 Å². The Kier molecular flexibility index (Phi) is 8.24. The average Bonchev–Trinajstić information content (AvgIpc) is 3.89. The van der Waals surface area contributed by atoms with Crippen LogP contribution in [-0.4, -0.2) is 4.98 Å². The van der Waals surface area contributed by atoms with Crippen molar-refractivity contribution in [2.75, 3.05) is 4.90 Å². The first-order valence-electron chi connectivity index (χ1n) is 19.2. The van der Waals surface area contributed by atoms with Gasteiger partial charge in [-0.1, -0.05) is 152 Å². The molecule has 0 spiro atoms. The summed E-state index contributed by atoms with van der Waals surface area (Å²) in [6, 6.07) is 74.5. The summed E-state index contributed by atoms with van der Waals surface area (Å²) in [5.74, 6) is 0. The molecule has 9 aromatic carbocycles. The smallest absolute Gasteiger partial charge is 0.124 e. The fourth-order valence-corrected chi connectivity index (χ4v) is 10.5. The van der Waals surface area contributed by atoms with Crippen LogP contribution >= 0.6 is 22.7 Å². The maximum atomic E-state index is 5.02. The van der Waals surface area contributed by atoms with Gasteiger partial charge < -0.3 is 4.90 Å². The predicted molar refractivity (Wildman–Crippen MR) is 246 cm³/mol. The molecule has 0 saturated carbocycles. The zero-order chi connectivity index (χ0) is 37.7. The molecule has 0 radical (unpaired) electrons. The van der Waals surface area contributed by atoms with Crippen LogP contribution in [0.4, 0.5) is 17.1 Å². The third-order valence-corrected chi connectivity index (χ3v) is 13.2. The molecule has 11 aromatic rings. The lowest BCUT2D eigenvalue weighted by molar-refractivity contribution is 1.28. The van der Waals surface area contributed by atoms with Gasteiger partial charge in [0.05, 0.1) is 10.2 Å². The Morgan fingerprint density at radius 1 is 0.368 bits per heavy atom. The second-order valence-corrected chi connectivity index (χ2v) is 16.4. The SMILES string of the molecule is c1ccc(-c2ccc(N(c3ccc(-c4ccc5c(c4)sc4ccc6nc(-c7ccccc7)sc6c45)cc3)c3cccc(-c4cccc5ccccc45)c3)cc2)cc1. The van der Waals surface area contributed by atoms with E-state index < -0.39 is 0 Å². The highest BCUT2D eigenvalue weighted by molar-refractivity contribution is 7.28. The molecule has 2 nitrogen and oxygen atoms in total. The highest BCUT2D eigenvalue weighted by atomic mass is 32.1. The van der Waals surface area contributed by atoms with Gasteiger partial charge in [0.15, 0.2) is 0 Å². The van der Waals surface area contributed by atoms with Crippen molar-refractivity contribution in [1.82, 2.24) is 4.98 Å². The van der Waals surface area contributed by atoms with Crippen molar-refractivity contribution in [2.24, 2.45) is 0 Å². The second kappa shape index (κ2) is 14.0. The number of thiophene rings is 1. The van der Waals surface area contributed by atoms with Crippen LogP contribution in [0.2, 0.25) is 0 Å². The van der Waals surface area contributed by atoms with Crippen LogP contribution in [-0.2, 0) is 0 Å². The van der Waals surface area contributed by atoms with Gasteiger partial charge >= 0.3 is 0 Å². The molecule has 268 valence electrons. The van der Waals surface area contributed by atoms with E-state index in [9.17, 15) is 0 Å². The lowest BCUT2D eigenvalue weighted by atomic mass is 9.97. The van der Waals surface area contributed by atoms with E-state index in [1.807, 2.05) is 11.3 Å². The number of fused-ring (bicyclic) bond motifs is 6. The molecule has 2 aromatic heterocycles. The Balaban J connectivity index is 0.977. The largest absolute Gasteiger partial charge is 0.310 e. The maximum Gasteiger partial charge on any atom is 0.124 e. The number of aromatic nitrogens is 1. The quantitative estimate of drug-likeness (QED) is 0.161. The van der Waals surface area contributed by atoms with E-state index in [-0.39, 0.29) is 0 Å². The van der Waals surface area contributed by atoms with Crippen LogP contribution in [0, 0.1) is 0 Å². The summed E-state index contributed by atoms with van der Waals surface area (Å²) >= 11 is 3.65. The molecular formula is C53H34N2S2. The molecule has 0 aliphatic carbocycles. The van der Waals surface area contributed by atoms with Crippen molar-refractivity contribution in [2.45, 2.75) is 0 Å². The third-order valence-electron chi connectivity index (χ3n) is 10.9. The molecule has 4 heteroatoms. The molecule has 2 heterocycles. The molecule has 0 bridgehead atoms. The number of hydrogen-bond acceptors (Lipinski definition) is 4. The van der Waals surface area contributed by atoms with Gasteiger partial charge in [-0.25, -0.2) is 4.98 Å². The summed E-state index contributed by atoms with van der Waals surface area (Å²) in [4.78, 5) is 7.39. The normalized spacial score (nSPS) is 11.5. The Morgan fingerprint density at radius 3 is 1.75 bits per heavy atom. The molecule has 11 rings (SSSR count). The summed E-state index contributed by atoms with van der Waals surface area (Å²) in [7, 11) is 0. The van der Waals surface area contributed by atoms with Gasteiger partial charge in [-0.15, -0.1) is 22.7 Å². The first-order valence-corrected chi connectivity index (χ1v) is 20.8. The zero-order valence-electron chi connectivity index (χ0n) is 30.8. The molecule has 0 saturated heterocycles. The number of hydrogen-bond donors (Lipinski definition) is 0. The molecular weight excluding hydrogens is 729 g/mol. The van der Waals surface area contributed by atoms with Gasteiger partial charge in [0, 0.05) is 42.8 Å². The molecule has 0 amide bonds. The maximum absolute atomic E-state index is 5.02. The summed E-state index contributed by atoms with van der Waals surface area (Å²) in [5, 5.41) is 6.17. The minimum Gasteiger partial charge on any atom is -0.310 e. The van der Waals surface area contributed by atoms with Gasteiger partial charge in [0.2, 0.25) is 0 Å². The fraction of sp³-hybridized carbons (Fsp3) is 0. The minimum atomic E-state index is 1.06. The molecule has 0 aliphatic rings. The van der Waals surface area contributed by atoms with E-state index in [4.69, 9.17) is 4.98 Å². The summed E-state index contributed by atoms with van der Waals surface area (Å²) in [5.41, 5.74) is 12.8. The van der Waals surface area contributed by atoms with Gasteiger partial charge in [0.25, 0.3) is 0 Å². The van der Waals surface area contributed by atoms with Gasteiger partial charge in [-0.2, -0.15) is 0 Å². The number of rotatable bonds is 7. The number of thiazole rings is 1. The fourth-order valence-electron chi connectivity index (χ4n) is 8.10. The monoisotopic (exact) mass is 762 g/mol. The summed E-state index contributed by atoms with van der Waals surface area (Å²) in [6.45, 7) is 0. The topological polar surface area (TPSA) is 16.1 Å². The van der Waals surface area contributed by atoms with Crippen LogP contribution in [0.15, 0.2) is 206 Å². The Labute approximate surface area is 339 Å². The average molecular weight is 763 g/mol. The minimum absolute atomic E-state index is 1.06. The highest BCUT2D eigenvalue weighted by Gasteiger charge is 2.17. The van der Waals surface area contributed by atoms with Gasteiger partial charge in [0.1, 0.15) is 5.01 Å². The first kappa shape index (κ1) is 33.5. The van der Waals surface area contributed by atoms with Crippen molar-refractivity contribution >= 4 is 80.9 Å². The molecule has 0 fully saturated rings. The Hall–Kier alpha value is -6.85. The zero-order valence-corrected chi connectivity index (χ0v) is 32.5. The third kappa shape index (κ3) is 6.07. The molecule has 57 heavy (non-hydrogen) atoms. The Morgan fingerprint density at radius 2 is 0.982 bits per heavy atom. The second-order valence-electron chi connectivity index (χ2n) is 14.4. The predicted octanol–water partition coefficient (Wildman–Crippen LogP) is 16.0. The van der Waals surface area contributed by atoms with Gasteiger partial charge in [-0.05, 0) is 98.8 Å². The standard InChI is InChI=1S/C53H34N2S2/c1-3-11-35(12-4-1)36-21-26-42(27-22-36)55(44-18-9-17-41(33-44)46-20-10-16-38-13-7-8-19-45(38)46)43-28-23-37(24-29-43)40-25-30-47-50(34-40)56-49-32-31-48-52(51(47)49)57-53(54-48)39-14-5-2-6-15-39/h1-34H. The van der Waals surface area contributed by atoms with E-state index in [1.54, 1.807) is 11.3 Å². The van der Waals surface area contributed by atoms with E-state index in [1.165, 1.54) is 69.0 Å². The van der Waals surface area contributed by atoms with Crippen LogP contribution in [0.3, 0.4) is 0 Å². The highest BCUT2D eigenvalue weighted by Crippen LogP contribution is 2.44. The van der Waals surface area contributed by atoms with Crippen LogP contribution in [0.1, 0.15) is 0 Å². The van der Waals surface area contributed by atoms with Crippen LogP contribution < -0.4 is 4.90 Å². The Bertz CT molecular complexity index is 3210. The lowest BCUT2D eigenvalue weighted by Gasteiger charge is -2.26. The molecule has 0 N–H and O–H groups in total. The van der Waals surface area contributed by atoms with Crippen molar-refractivity contribution in [3.05, 3.63) is 206 Å². The molecule has 0 aliphatic heterocycles. The number of anilines is 3. The molecule has 0 unspecified atom stereocenters. The lowest BCUT2D eigenvalue weighted by Crippen LogP contribution is -2.10. The van der Waals surface area contributed by atoms with Crippen molar-refractivity contribution < 1.29 is 0 Å². The summed E-state index contributed by atoms with van der Waals surface area (Å²) < 4.78 is 3.85. The van der Waals surface area contributed by atoms with E-state index >= 15 is 0 Å². The van der Waals surface area contributed by atoms with Crippen molar-refractivity contribution in [3.8, 4) is 44.0 Å². The van der Waals surface area contributed by atoms with Crippen LogP contribution in [0.5, 0.6) is 0 Å². The first-order chi connectivity index (χ1) is 28.2. The summed E-state index contributed by atoms with van der Waals surface area (Å²) in [6.07, 6.45) is 0. The van der Waals surface area contributed by atoms with Crippen molar-refractivity contribution in [3.63, 3.8) is 0 Å². The number of nitrogens with zero attached hydrogens (tertiary/aromatic N) is 2. The van der Waals surface area contributed by atoms with E-state index in [2.05, 4.69) is 211 Å².